The van der Waals surface area contributed by atoms with Crippen LogP contribution in [0.2, 0.25) is 0 Å². The number of hydrogen-bond acceptors (Lipinski definition) is 4. The summed E-state index contributed by atoms with van der Waals surface area (Å²) in [5.41, 5.74) is 3.12. The van der Waals surface area contributed by atoms with Gasteiger partial charge in [-0.1, -0.05) is 6.07 Å². The highest BCUT2D eigenvalue weighted by atomic mass is 16.2. The maximum absolute atomic E-state index is 13.2. The van der Waals surface area contributed by atoms with Gasteiger partial charge in [-0.15, -0.1) is 0 Å². The minimum absolute atomic E-state index is 0.123. The van der Waals surface area contributed by atoms with Crippen LogP contribution in [-0.4, -0.2) is 51.0 Å². The largest absolute Gasteiger partial charge is 0.338 e. The minimum atomic E-state index is -0.243. The average molecular weight is 339 g/mol. The van der Waals surface area contributed by atoms with E-state index in [2.05, 4.69) is 26.1 Å². The molecule has 1 saturated carbocycles. The minimum Gasteiger partial charge on any atom is -0.338 e. The SMILES string of the molecule is CN(Cc1cc(C2CC2)n[nH]1)C(=O)[C@@H](c1cccnc1)N1CCCC1. The third-order valence-electron chi connectivity index (χ3n) is 5.17. The molecule has 1 saturated heterocycles. The molecule has 0 radical (unpaired) electrons. The molecule has 2 aromatic rings. The molecule has 1 amide bonds. The standard InChI is InChI=1S/C19H25N5O/c1-23(13-16-11-17(22-21-16)14-6-7-14)19(25)18(24-9-2-3-10-24)15-5-4-8-20-12-15/h4-5,8,11-12,14,18H,2-3,6-7,9-10,13H2,1H3,(H,21,22)/t18-/m1/s1. The molecule has 0 aromatic carbocycles. The first-order valence-corrected chi connectivity index (χ1v) is 9.15. The number of carbonyl (C=O) groups is 1. The van der Waals surface area contributed by atoms with Crippen LogP contribution in [0.15, 0.2) is 30.6 Å². The van der Waals surface area contributed by atoms with E-state index in [1.807, 2.05) is 25.4 Å². The summed E-state index contributed by atoms with van der Waals surface area (Å²) in [4.78, 5) is 21.5. The molecule has 2 aromatic heterocycles. The number of aromatic amines is 1. The van der Waals surface area contributed by atoms with Crippen LogP contribution in [0.5, 0.6) is 0 Å². The smallest absolute Gasteiger partial charge is 0.244 e. The van der Waals surface area contributed by atoms with Crippen molar-refractivity contribution in [3.8, 4) is 0 Å². The molecule has 2 aliphatic rings. The molecule has 0 unspecified atom stereocenters. The molecule has 25 heavy (non-hydrogen) atoms. The lowest BCUT2D eigenvalue weighted by Crippen LogP contribution is -2.40. The Balaban J connectivity index is 1.50. The molecular weight excluding hydrogens is 314 g/mol. The van der Waals surface area contributed by atoms with Crippen molar-refractivity contribution >= 4 is 5.91 Å². The van der Waals surface area contributed by atoms with Crippen LogP contribution < -0.4 is 0 Å². The Kier molecular flexibility index (Phi) is 4.53. The van der Waals surface area contributed by atoms with Gasteiger partial charge in [-0.3, -0.25) is 19.8 Å². The van der Waals surface area contributed by atoms with Gasteiger partial charge in [0.25, 0.3) is 0 Å². The van der Waals surface area contributed by atoms with Crippen molar-refractivity contribution in [2.45, 2.75) is 44.2 Å². The number of rotatable bonds is 6. The van der Waals surface area contributed by atoms with Crippen LogP contribution in [0.4, 0.5) is 0 Å². The van der Waals surface area contributed by atoms with E-state index >= 15 is 0 Å². The van der Waals surface area contributed by atoms with Crippen LogP contribution in [-0.2, 0) is 11.3 Å². The molecule has 3 heterocycles. The third kappa shape index (κ3) is 3.58. The number of carbonyl (C=O) groups excluding carboxylic acids is 1. The maximum atomic E-state index is 13.2. The molecule has 0 spiro atoms. The first kappa shape index (κ1) is 16.3. The molecule has 2 fully saturated rings. The summed E-state index contributed by atoms with van der Waals surface area (Å²) < 4.78 is 0. The average Bonchev–Trinajstić information content (AvgIpc) is 3.14. The van der Waals surface area contributed by atoms with Crippen molar-refractivity contribution in [2.75, 3.05) is 20.1 Å². The number of amides is 1. The van der Waals surface area contributed by atoms with Gasteiger partial charge in [-0.25, -0.2) is 0 Å². The van der Waals surface area contributed by atoms with Gasteiger partial charge in [-0.2, -0.15) is 5.10 Å². The quantitative estimate of drug-likeness (QED) is 0.878. The number of likely N-dealkylation sites (N-methyl/N-ethyl adjacent to an activating group) is 1. The Bertz CT molecular complexity index is 718. The fourth-order valence-electron chi connectivity index (χ4n) is 3.64. The van der Waals surface area contributed by atoms with Crippen molar-refractivity contribution in [3.05, 3.63) is 47.5 Å². The van der Waals surface area contributed by atoms with Gasteiger partial charge < -0.3 is 4.90 Å². The van der Waals surface area contributed by atoms with Gasteiger partial charge in [0.05, 0.1) is 17.9 Å². The summed E-state index contributed by atoms with van der Waals surface area (Å²) in [6.07, 6.45) is 8.34. The monoisotopic (exact) mass is 339 g/mol. The second kappa shape index (κ2) is 6.96. The number of H-pyrrole nitrogens is 1. The lowest BCUT2D eigenvalue weighted by molar-refractivity contribution is -0.136. The second-order valence-corrected chi connectivity index (χ2v) is 7.22. The third-order valence-corrected chi connectivity index (χ3v) is 5.17. The molecule has 6 nitrogen and oxygen atoms in total. The number of nitrogens with one attached hydrogen (secondary N) is 1. The van der Waals surface area contributed by atoms with Crippen LogP contribution in [0.25, 0.3) is 0 Å². The van der Waals surface area contributed by atoms with Crippen molar-refractivity contribution in [2.24, 2.45) is 0 Å². The van der Waals surface area contributed by atoms with Crippen molar-refractivity contribution in [1.82, 2.24) is 25.0 Å². The van der Waals surface area contributed by atoms with Gasteiger partial charge in [-0.05, 0) is 56.5 Å². The highest BCUT2D eigenvalue weighted by molar-refractivity contribution is 5.83. The summed E-state index contributed by atoms with van der Waals surface area (Å²) in [7, 11) is 1.87. The Morgan fingerprint density at radius 3 is 2.88 bits per heavy atom. The summed E-state index contributed by atoms with van der Waals surface area (Å²) in [5.74, 6) is 0.747. The highest BCUT2D eigenvalue weighted by Crippen LogP contribution is 2.39. The first-order valence-electron chi connectivity index (χ1n) is 9.15. The number of pyridine rings is 1. The second-order valence-electron chi connectivity index (χ2n) is 7.22. The zero-order chi connectivity index (χ0) is 17.2. The maximum Gasteiger partial charge on any atom is 0.244 e. The predicted molar refractivity (Wildman–Crippen MR) is 94.8 cm³/mol. The summed E-state index contributed by atoms with van der Waals surface area (Å²) >= 11 is 0. The summed E-state index contributed by atoms with van der Waals surface area (Å²) in [5, 5.41) is 7.48. The van der Waals surface area contributed by atoms with E-state index in [0.29, 0.717) is 12.5 Å². The van der Waals surface area contributed by atoms with E-state index < -0.39 is 0 Å². The van der Waals surface area contributed by atoms with Gasteiger partial charge in [0.15, 0.2) is 0 Å². The van der Waals surface area contributed by atoms with E-state index in [4.69, 9.17) is 0 Å². The Labute approximate surface area is 148 Å². The zero-order valence-corrected chi connectivity index (χ0v) is 14.7. The molecule has 1 aliphatic heterocycles. The van der Waals surface area contributed by atoms with Crippen LogP contribution in [0.3, 0.4) is 0 Å². The van der Waals surface area contributed by atoms with Gasteiger partial charge >= 0.3 is 0 Å². The highest BCUT2D eigenvalue weighted by Gasteiger charge is 2.32. The van der Waals surface area contributed by atoms with Crippen LogP contribution in [0.1, 0.15) is 54.6 Å². The number of aromatic nitrogens is 3. The van der Waals surface area contributed by atoms with E-state index in [0.717, 1.165) is 42.9 Å². The zero-order valence-electron chi connectivity index (χ0n) is 14.7. The summed E-state index contributed by atoms with van der Waals surface area (Å²) in [6.45, 7) is 2.49. The van der Waals surface area contributed by atoms with Crippen molar-refractivity contribution in [3.63, 3.8) is 0 Å². The number of nitrogens with zero attached hydrogens (tertiary/aromatic N) is 4. The Hall–Kier alpha value is -2.21. The Morgan fingerprint density at radius 1 is 1.40 bits per heavy atom. The lowest BCUT2D eigenvalue weighted by Gasteiger charge is -2.30. The molecule has 1 aliphatic carbocycles. The topological polar surface area (TPSA) is 65.1 Å². The number of hydrogen-bond donors (Lipinski definition) is 1. The van der Waals surface area contributed by atoms with E-state index in [1.54, 1.807) is 11.1 Å². The van der Waals surface area contributed by atoms with E-state index in [9.17, 15) is 4.79 Å². The van der Waals surface area contributed by atoms with Crippen molar-refractivity contribution < 1.29 is 4.79 Å². The van der Waals surface area contributed by atoms with E-state index in [1.165, 1.54) is 12.8 Å². The molecule has 1 atom stereocenters. The predicted octanol–water partition coefficient (Wildman–Crippen LogP) is 2.48. The lowest BCUT2D eigenvalue weighted by atomic mass is 10.1. The fourth-order valence-corrected chi connectivity index (χ4v) is 3.64. The number of likely N-dealkylation sites (tertiary alicyclic amines) is 1. The fraction of sp³-hybridized carbons (Fsp3) is 0.526. The van der Waals surface area contributed by atoms with Crippen molar-refractivity contribution in [1.29, 1.82) is 0 Å². The van der Waals surface area contributed by atoms with Crippen LogP contribution in [0, 0.1) is 0 Å². The Morgan fingerprint density at radius 2 is 2.20 bits per heavy atom. The normalized spacial score (nSPS) is 19.1. The van der Waals surface area contributed by atoms with E-state index in [-0.39, 0.29) is 11.9 Å². The molecule has 1 N–H and O–H groups in total. The van der Waals surface area contributed by atoms with Gasteiger partial charge in [0.1, 0.15) is 6.04 Å². The van der Waals surface area contributed by atoms with Crippen LogP contribution >= 0.6 is 0 Å². The molecular formula is C19H25N5O. The molecule has 132 valence electrons. The summed E-state index contributed by atoms with van der Waals surface area (Å²) in [6, 6.07) is 5.77. The van der Waals surface area contributed by atoms with Gasteiger partial charge in [0.2, 0.25) is 5.91 Å². The van der Waals surface area contributed by atoms with Gasteiger partial charge in [0, 0.05) is 25.4 Å². The first-order chi connectivity index (χ1) is 12.2. The molecule has 4 rings (SSSR count). The molecule has 0 bridgehead atoms. The molecule has 6 heteroatoms.